The highest BCUT2D eigenvalue weighted by atomic mass is 35.5. The highest BCUT2D eigenvalue weighted by Crippen LogP contribution is 2.26. The number of rotatable bonds is 5. The van der Waals surface area contributed by atoms with Gasteiger partial charge in [-0.25, -0.2) is 4.79 Å². The first-order valence-corrected chi connectivity index (χ1v) is 5.74. The van der Waals surface area contributed by atoms with E-state index in [1.54, 1.807) is 6.92 Å². The van der Waals surface area contributed by atoms with E-state index in [4.69, 9.17) is 16.3 Å². The Morgan fingerprint density at radius 3 is 2.84 bits per heavy atom. The molecule has 1 rings (SSSR count). The Balaban J connectivity index is 2.87. The van der Waals surface area contributed by atoms with Crippen molar-refractivity contribution < 1.29 is 14.5 Å². The van der Waals surface area contributed by atoms with E-state index >= 15 is 0 Å². The average molecular weight is 286 g/mol. The van der Waals surface area contributed by atoms with Crippen molar-refractivity contribution in [1.82, 2.24) is 0 Å². The number of non-ortho nitro benzene ring substituents is 1. The van der Waals surface area contributed by atoms with E-state index in [1.807, 2.05) is 0 Å². The standard InChI is InChI=1S/C11H12ClN3O4/c1-3-19-11(16)7(2)13-14-10-6-8(15(17)18)4-5-9(10)12/h4-6,14H,3H2,1-2H3/b13-7-. The lowest BCUT2D eigenvalue weighted by Gasteiger charge is -2.05. The molecule has 19 heavy (non-hydrogen) atoms. The lowest BCUT2D eigenvalue weighted by atomic mass is 10.3. The number of hydrogen-bond donors (Lipinski definition) is 1. The third kappa shape index (κ3) is 4.22. The van der Waals surface area contributed by atoms with Crippen molar-refractivity contribution >= 4 is 34.7 Å². The maximum atomic E-state index is 11.3. The van der Waals surface area contributed by atoms with Gasteiger partial charge in [-0.3, -0.25) is 15.5 Å². The van der Waals surface area contributed by atoms with E-state index < -0.39 is 10.9 Å². The van der Waals surface area contributed by atoms with Crippen molar-refractivity contribution in [3.05, 3.63) is 33.3 Å². The number of esters is 1. The first kappa shape index (κ1) is 14.9. The fourth-order valence-corrected chi connectivity index (χ4v) is 1.30. The normalized spacial score (nSPS) is 11.0. The molecule has 0 atom stereocenters. The fourth-order valence-electron chi connectivity index (χ4n) is 1.14. The Morgan fingerprint density at radius 1 is 1.58 bits per heavy atom. The van der Waals surface area contributed by atoms with Gasteiger partial charge in [0.2, 0.25) is 0 Å². The molecular weight excluding hydrogens is 274 g/mol. The van der Waals surface area contributed by atoms with Crippen LogP contribution in [0.15, 0.2) is 23.3 Å². The number of nitro benzene ring substituents is 1. The zero-order chi connectivity index (χ0) is 14.4. The lowest BCUT2D eigenvalue weighted by Crippen LogP contribution is -2.15. The molecule has 0 heterocycles. The van der Waals surface area contributed by atoms with Gasteiger partial charge in [-0.2, -0.15) is 5.10 Å². The second-order valence-corrected chi connectivity index (χ2v) is 3.86. The molecule has 0 saturated carbocycles. The van der Waals surface area contributed by atoms with E-state index in [-0.39, 0.29) is 28.7 Å². The minimum atomic E-state index is -0.573. The topological polar surface area (TPSA) is 93.8 Å². The van der Waals surface area contributed by atoms with Gasteiger partial charge in [0.1, 0.15) is 5.71 Å². The first-order chi connectivity index (χ1) is 8.95. The molecule has 0 radical (unpaired) electrons. The van der Waals surface area contributed by atoms with Gasteiger partial charge in [0.15, 0.2) is 0 Å². The van der Waals surface area contributed by atoms with Crippen molar-refractivity contribution in [3.8, 4) is 0 Å². The maximum absolute atomic E-state index is 11.3. The van der Waals surface area contributed by atoms with Gasteiger partial charge in [-0.1, -0.05) is 11.6 Å². The maximum Gasteiger partial charge on any atom is 0.354 e. The number of carbonyl (C=O) groups is 1. The number of benzene rings is 1. The van der Waals surface area contributed by atoms with Crippen LogP contribution in [0.25, 0.3) is 0 Å². The van der Waals surface area contributed by atoms with Crippen molar-refractivity contribution in [2.45, 2.75) is 13.8 Å². The van der Waals surface area contributed by atoms with Crippen LogP contribution >= 0.6 is 11.6 Å². The summed E-state index contributed by atoms with van der Waals surface area (Å²) in [6.45, 7) is 3.37. The molecule has 0 unspecified atom stereocenters. The smallest absolute Gasteiger partial charge is 0.354 e. The Kier molecular flexibility index (Phi) is 5.25. The summed E-state index contributed by atoms with van der Waals surface area (Å²) in [4.78, 5) is 21.4. The summed E-state index contributed by atoms with van der Waals surface area (Å²) in [6.07, 6.45) is 0. The largest absolute Gasteiger partial charge is 0.461 e. The second-order valence-electron chi connectivity index (χ2n) is 3.45. The molecule has 1 N–H and O–H groups in total. The summed E-state index contributed by atoms with van der Waals surface area (Å²) >= 11 is 5.85. The summed E-state index contributed by atoms with van der Waals surface area (Å²) in [5.41, 5.74) is 2.69. The van der Waals surface area contributed by atoms with Gasteiger partial charge in [0.05, 0.1) is 22.2 Å². The molecule has 0 spiro atoms. The third-order valence-electron chi connectivity index (χ3n) is 2.08. The van der Waals surface area contributed by atoms with Crippen molar-refractivity contribution in [1.29, 1.82) is 0 Å². The molecule has 0 aliphatic heterocycles. The minimum Gasteiger partial charge on any atom is -0.461 e. The van der Waals surface area contributed by atoms with Crippen molar-refractivity contribution in [2.75, 3.05) is 12.0 Å². The highest BCUT2D eigenvalue weighted by molar-refractivity contribution is 6.36. The van der Waals surface area contributed by atoms with Crippen LogP contribution in [-0.4, -0.2) is 23.2 Å². The summed E-state index contributed by atoms with van der Waals surface area (Å²) in [7, 11) is 0. The third-order valence-corrected chi connectivity index (χ3v) is 2.41. The van der Waals surface area contributed by atoms with E-state index in [0.29, 0.717) is 0 Å². The van der Waals surface area contributed by atoms with Gasteiger partial charge in [-0.05, 0) is 19.9 Å². The summed E-state index contributed by atoms with van der Waals surface area (Å²) < 4.78 is 4.73. The van der Waals surface area contributed by atoms with Crippen LogP contribution in [0.4, 0.5) is 11.4 Å². The molecule has 0 bridgehead atoms. The molecule has 0 aliphatic carbocycles. The minimum absolute atomic E-state index is 0.0874. The number of carbonyl (C=O) groups excluding carboxylic acids is 1. The molecule has 0 amide bonds. The molecule has 0 aromatic heterocycles. The van der Waals surface area contributed by atoms with E-state index in [0.717, 1.165) is 0 Å². The van der Waals surface area contributed by atoms with Gasteiger partial charge in [-0.15, -0.1) is 0 Å². The molecule has 0 fully saturated rings. The quantitative estimate of drug-likeness (QED) is 0.388. The zero-order valence-electron chi connectivity index (χ0n) is 10.3. The predicted molar refractivity (Wildman–Crippen MR) is 71.5 cm³/mol. The molecule has 102 valence electrons. The monoisotopic (exact) mass is 285 g/mol. The number of nitro groups is 1. The molecule has 0 aliphatic rings. The van der Waals surface area contributed by atoms with Crippen LogP contribution in [0, 0.1) is 10.1 Å². The van der Waals surface area contributed by atoms with Gasteiger partial charge in [0.25, 0.3) is 5.69 Å². The summed E-state index contributed by atoms with van der Waals surface area (Å²) in [5.74, 6) is -0.573. The molecule has 0 saturated heterocycles. The average Bonchev–Trinajstić information content (AvgIpc) is 2.37. The van der Waals surface area contributed by atoms with Crippen molar-refractivity contribution in [3.63, 3.8) is 0 Å². The molecule has 1 aromatic carbocycles. The zero-order valence-corrected chi connectivity index (χ0v) is 11.1. The summed E-state index contributed by atoms with van der Waals surface area (Å²) in [6, 6.07) is 3.87. The number of halogens is 1. The van der Waals surface area contributed by atoms with Crippen LogP contribution < -0.4 is 5.43 Å². The number of nitrogens with one attached hydrogen (secondary N) is 1. The summed E-state index contributed by atoms with van der Waals surface area (Å²) in [5, 5.41) is 14.6. The van der Waals surface area contributed by atoms with Gasteiger partial charge < -0.3 is 4.74 Å². The Bertz CT molecular complexity index is 531. The van der Waals surface area contributed by atoms with Gasteiger partial charge >= 0.3 is 5.97 Å². The molecule has 7 nitrogen and oxygen atoms in total. The number of anilines is 1. The predicted octanol–water partition coefficient (Wildman–Crippen LogP) is 2.60. The van der Waals surface area contributed by atoms with Crippen LogP contribution in [0.3, 0.4) is 0 Å². The van der Waals surface area contributed by atoms with Crippen LogP contribution in [0.2, 0.25) is 5.02 Å². The molecule has 1 aromatic rings. The molecule has 8 heteroatoms. The number of ether oxygens (including phenoxy) is 1. The second kappa shape index (κ2) is 6.69. The van der Waals surface area contributed by atoms with Crippen LogP contribution in [0.1, 0.15) is 13.8 Å². The van der Waals surface area contributed by atoms with Crippen LogP contribution in [0.5, 0.6) is 0 Å². The fraction of sp³-hybridized carbons (Fsp3) is 0.273. The van der Waals surface area contributed by atoms with Crippen LogP contribution in [-0.2, 0) is 9.53 Å². The Labute approximate surface area is 114 Å². The number of hydrogen-bond acceptors (Lipinski definition) is 6. The Morgan fingerprint density at radius 2 is 2.26 bits per heavy atom. The van der Waals surface area contributed by atoms with E-state index in [2.05, 4.69) is 10.5 Å². The van der Waals surface area contributed by atoms with E-state index in [1.165, 1.54) is 25.1 Å². The van der Waals surface area contributed by atoms with E-state index in [9.17, 15) is 14.9 Å². The number of hydrazone groups is 1. The first-order valence-electron chi connectivity index (χ1n) is 5.37. The SMILES string of the molecule is CCOC(=O)/C(C)=N\Nc1cc([N+](=O)[O-])ccc1Cl. The van der Waals surface area contributed by atoms with Crippen molar-refractivity contribution in [2.24, 2.45) is 5.10 Å². The number of nitrogens with zero attached hydrogens (tertiary/aromatic N) is 2. The Hall–Kier alpha value is -2.15. The molecular formula is C11H12ClN3O4. The highest BCUT2D eigenvalue weighted by Gasteiger charge is 2.10. The lowest BCUT2D eigenvalue weighted by molar-refractivity contribution is -0.384. The van der Waals surface area contributed by atoms with Gasteiger partial charge in [0, 0.05) is 12.1 Å².